The molecular formula is C10H20O2. The second-order valence-electron chi connectivity index (χ2n) is 4.48. The maximum atomic E-state index is 5.71. The Morgan fingerprint density at radius 2 is 1.83 bits per heavy atom. The van der Waals surface area contributed by atoms with E-state index in [2.05, 4.69) is 20.8 Å². The third kappa shape index (κ3) is 4.07. The molecule has 0 radical (unpaired) electrons. The average Bonchev–Trinajstić information content (AvgIpc) is 2.02. The SMILES string of the molecule is CC(C)(C)OCC1CCOCC1. The topological polar surface area (TPSA) is 18.5 Å². The molecule has 0 N–H and O–H groups in total. The molecular weight excluding hydrogens is 152 g/mol. The van der Waals surface area contributed by atoms with Crippen molar-refractivity contribution in [3.05, 3.63) is 0 Å². The van der Waals surface area contributed by atoms with Crippen LogP contribution in [0.25, 0.3) is 0 Å². The third-order valence-electron chi connectivity index (χ3n) is 2.09. The van der Waals surface area contributed by atoms with Gasteiger partial charge in [-0.1, -0.05) is 0 Å². The molecule has 0 aromatic rings. The smallest absolute Gasteiger partial charge is 0.0598 e. The molecule has 2 heteroatoms. The molecule has 1 saturated heterocycles. The Morgan fingerprint density at radius 1 is 1.25 bits per heavy atom. The lowest BCUT2D eigenvalue weighted by Gasteiger charge is -2.26. The molecule has 1 fully saturated rings. The van der Waals surface area contributed by atoms with Crippen LogP contribution in [-0.4, -0.2) is 25.4 Å². The van der Waals surface area contributed by atoms with Gasteiger partial charge >= 0.3 is 0 Å². The van der Waals surface area contributed by atoms with Crippen LogP contribution in [0.15, 0.2) is 0 Å². The fourth-order valence-electron chi connectivity index (χ4n) is 1.28. The molecule has 1 rings (SSSR count). The minimum absolute atomic E-state index is 0.0122. The summed E-state index contributed by atoms with van der Waals surface area (Å²) in [6.45, 7) is 9.04. The van der Waals surface area contributed by atoms with Gasteiger partial charge in [-0.25, -0.2) is 0 Å². The molecule has 72 valence electrons. The Morgan fingerprint density at radius 3 is 2.33 bits per heavy atom. The Labute approximate surface area is 75.2 Å². The van der Waals surface area contributed by atoms with Gasteiger partial charge < -0.3 is 9.47 Å². The van der Waals surface area contributed by atoms with Crippen LogP contribution in [0.5, 0.6) is 0 Å². The number of rotatable bonds is 2. The standard InChI is InChI=1S/C10H20O2/c1-10(2,3)12-8-9-4-6-11-7-5-9/h9H,4-8H2,1-3H3. The molecule has 1 heterocycles. The molecule has 1 aliphatic rings. The van der Waals surface area contributed by atoms with E-state index in [1.54, 1.807) is 0 Å². The lowest BCUT2D eigenvalue weighted by atomic mass is 10.0. The van der Waals surface area contributed by atoms with Gasteiger partial charge in [-0.15, -0.1) is 0 Å². The predicted octanol–water partition coefficient (Wildman–Crippen LogP) is 2.23. The second kappa shape index (κ2) is 4.24. The van der Waals surface area contributed by atoms with E-state index in [-0.39, 0.29) is 5.60 Å². The number of hydrogen-bond donors (Lipinski definition) is 0. The maximum absolute atomic E-state index is 5.71. The van der Waals surface area contributed by atoms with Gasteiger partial charge in [0, 0.05) is 13.2 Å². The van der Waals surface area contributed by atoms with Crippen LogP contribution in [0.3, 0.4) is 0 Å². The fourth-order valence-corrected chi connectivity index (χ4v) is 1.28. The largest absolute Gasteiger partial charge is 0.381 e. The van der Waals surface area contributed by atoms with Crippen molar-refractivity contribution in [1.82, 2.24) is 0 Å². The van der Waals surface area contributed by atoms with Crippen LogP contribution in [0.1, 0.15) is 33.6 Å². The van der Waals surface area contributed by atoms with E-state index < -0.39 is 0 Å². The van der Waals surface area contributed by atoms with E-state index in [0.717, 1.165) is 38.6 Å². The van der Waals surface area contributed by atoms with Crippen molar-refractivity contribution in [2.75, 3.05) is 19.8 Å². The summed E-state index contributed by atoms with van der Waals surface area (Å²) in [5, 5.41) is 0. The van der Waals surface area contributed by atoms with Gasteiger partial charge in [-0.3, -0.25) is 0 Å². The zero-order valence-electron chi connectivity index (χ0n) is 8.43. The monoisotopic (exact) mass is 172 g/mol. The van der Waals surface area contributed by atoms with Crippen LogP contribution in [0.2, 0.25) is 0 Å². The van der Waals surface area contributed by atoms with E-state index in [4.69, 9.17) is 9.47 Å². The van der Waals surface area contributed by atoms with Gasteiger partial charge in [0.2, 0.25) is 0 Å². The van der Waals surface area contributed by atoms with Crippen LogP contribution in [0.4, 0.5) is 0 Å². The molecule has 0 amide bonds. The minimum Gasteiger partial charge on any atom is -0.381 e. The molecule has 0 spiro atoms. The molecule has 12 heavy (non-hydrogen) atoms. The molecule has 0 aliphatic carbocycles. The van der Waals surface area contributed by atoms with Crippen LogP contribution in [-0.2, 0) is 9.47 Å². The summed E-state index contributed by atoms with van der Waals surface area (Å²) in [6, 6.07) is 0. The molecule has 0 bridgehead atoms. The van der Waals surface area contributed by atoms with Crippen molar-refractivity contribution < 1.29 is 9.47 Å². The van der Waals surface area contributed by atoms with Gasteiger partial charge in [-0.2, -0.15) is 0 Å². The minimum atomic E-state index is 0.0122. The Kier molecular flexibility index (Phi) is 3.53. The van der Waals surface area contributed by atoms with E-state index in [9.17, 15) is 0 Å². The Bertz CT molecular complexity index is 120. The molecule has 2 nitrogen and oxygen atoms in total. The molecule has 0 aromatic heterocycles. The number of ether oxygens (including phenoxy) is 2. The van der Waals surface area contributed by atoms with E-state index in [1.165, 1.54) is 0 Å². The molecule has 0 aromatic carbocycles. The second-order valence-corrected chi connectivity index (χ2v) is 4.48. The highest BCUT2D eigenvalue weighted by Crippen LogP contribution is 2.17. The highest BCUT2D eigenvalue weighted by atomic mass is 16.5. The lowest BCUT2D eigenvalue weighted by Crippen LogP contribution is -2.26. The first-order chi connectivity index (χ1) is 5.58. The van der Waals surface area contributed by atoms with Gasteiger partial charge in [0.25, 0.3) is 0 Å². The summed E-state index contributed by atoms with van der Waals surface area (Å²) in [7, 11) is 0. The molecule has 0 atom stereocenters. The molecule has 0 unspecified atom stereocenters. The van der Waals surface area contributed by atoms with Crippen molar-refractivity contribution in [3.63, 3.8) is 0 Å². The Balaban J connectivity index is 2.13. The Hall–Kier alpha value is -0.0800. The highest BCUT2D eigenvalue weighted by molar-refractivity contribution is 4.66. The summed E-state index contributed by atoms with van der Waals surface area (Å²) in [5.74, 6) is 0.720. The zero-order chi connectivity index (χ0) is 9.03. The van der Waals surface area contributed by atoms with Crippen molar-refractivity contribution in [2.45, 2.75) is 39.2 Å². The summed E-state index contributed by atoms with van der Waals surface area (Å²) < 4.78 is 11.0. The van der Waals surface area contributed by atoms with Crippen molar-refractivity contribution >= 4 is 0 Å². The van der Waals surface area contributed by atoms with Crippen LogP contribution >= 0.6 is 0 Å². The van der Waals surface area contributed by atoms with Crippen molar-refractivity contribution in [3.8, 4) is 0 Å². The maximum Gasteiger partial charge on any atom is 0.0598 e. The van der Waals surface area contributed by atoms with Gasteiger partial charge in [0.05, 0.1) is 12.2 Å². The van der Waals surface area contributed by atoms with Gasteiger partial charge in [0.1, 0.15) is 0 Å². The van der Waals surface area contributed by atoms with Crippen molar-refractivity contribution in [1.29, 1.82) is 0 Å². The molecule has 1 aliphatic heterocycles. The predicted molar refractivity (Wildman–Crippen MR) is 49.2 cm³/mol. The summed E-state index contributed by atoms with van der Waals surface area (Å²) >= 11 is 0. The number of hydrogen-bond acceptors (Lipinski definition) is 2. The summed E-state index contributed by atoms with van der Waals surface area (Å²) in [6.07, 6.45) is 2.33. The van der Waals surface area contributed by atoms with Gasteiger partial charge in [0.15, 0.2) is 0 Å². The quantitative estimate of drug-likeness (QED) is 0.636. The average molecular weight is 172 g/mol. The van der Waals surface area contributed by atoms with E-state index in [0.29, 0.717) is 0 Å². The van der Waals surface area contributed by atoms with Crippen molar-refractivity contribution in [2.24, 2.45) is 5.92 Å². The van der Waals surface area contributed by atoms with Crippen LogP contribution in [0, 0.1) is 5.92 Å². The first-order valence-electron chi connectivity index (χ1n) is 4.79. The first-order valence-corrected chi connectivity index (χ1v) is 4.79. The highest BCUT2D eigenvalue weighted by Gasteiger charge is 2.17. The molecule has 0 saturated carbocycles. The summed E-state index contributed by atoms with van der Waals surface area (Å²) in [4.78, 5) is 0. The first kappa shape index (κ1) is 10.0. The third-order valence-corrected chi connectivity index (χ3v) is 2.09. The zero-order valence-corrected chi connectivity index (χ0v) is 8.43. The lowest BCUT2D eigenvalue weighted by molar-refractivity contribution is -0.0452. The summed E-state index contributed by atoms with van der Waals surface area (Å²) in [5.41, 5.74) is 0.0122. The van der Waals surface area contributed by atoms with Gasteiger partial charge in [-0.05, 0) is 39.5 Å². The fraction of sp³-hybridized carbons (Fsp3) is 1.00. The van der Waals surface area contributed by atoms with E-state index >= 15 is 0 Å². The van der Waals surface area contributed by atoms with E-state index in [1.807, 2.05) is 0 Å². The normalized spacial score (nSPS) is 21.2. The van der Waals surface area contributed by atoms with Crippen LogP contribution < -0.4 is 0 Å².